The second kappa shape index (κ2) is 8.15. The molecule has 0 saturated heterocycles. The average Bonchev–Trinajstić information content (AvgIpc) is 3.60. The minimum atomic E-state index is -4.81. The zero-order chi connectivity index (χ0) is 23.1. The summed E-state index contributed by atoms with van der Waals surface area (Å²) in [6, 6.07) is 8.75. The molecular weight excluding hydrogens is 421 g/mol. The van der Waals surface area contributed by atoms with Crippen molar-refractivity contribution in [2.24, 2.45) is 0 Å². The summed E-state index contributed by atoms with van der Waals surface area (Å²) in [5.41, 5.74) is -3.18. The molecule has 172 valence electrons. The summed E-state index contributed by atoms with van der Waals surface area (Å²) in [5.74, 6) is -0.220. The third-order valence-corrected chi connectivity index (χ3v) is 6.80. The molecule has 2 aliphatic rings. The van der Waals surface area contributed by atoms with Gasteiger partial charge in [-0.05, 0) is 69.2 Å². The van der Waals surface area contributed by atoms with Crippen molar-refractivity contribution in [1.29, 1.82) is 0 Å². The highest BCUT2D eigenvalue weighted by Gasteiger charge is 2.51. The summed E-state index contributed by atoms with van der Waals surface area (Å²) in [4.78, 5) is 19.2. The van der Waals surface area contributed by atoms with Crippen LogP contribution in [0.25, 0.3) is 0 Å². The number of nitrogens with zero attached hydrogens (tertiary/aromatic N) is 2. The quantitative estimate of drug-likeness (QED) is 0.716. The van der Waals surface area contributed by atoms with E-state index in [9.17, 15) is 28.2 Å². The molecule has 0 radical (unpaired) electrons. The van der Waals surface area contributed by atoms with E-state index in [1.165, 1.54) is 12.1 Å². The van der Waals surface area contributed by atoms with Gasteiger partial charge in [-0.3, -0.25) is 9.78 Å². The number of aromatic nitrogens is 1. The molecule has 2 aliphatic carbocycles. The normalized spacial score (nSPS) is 25.8. The Balaban J connectivity index is 1.49. The van der Waals surface area contributed by atoms with Crippen LogP contribution in [-0.2, 0) is 11.2 Å². The summed E-state index contributed by atoms with van der Waals surface area (Å²) < 4.78 is 39.3. The van der Waals surface area contributed by atoms with Crippen LogP contribution >= 0.6 is 0 Å². The fourth-order valence-electron chi connectivity index (χ4n) is 4.52. The standard InChI is InChI=1S/C24H27F3N2O3/c1-22(31,24(25,26)27)17-6-4-16(5-7-17)21(30)29(19-8-9-19)20-10-12-23(32,13-11-20)18-3-2-14-28-15-18/h2-7,14-15,19-20,31-32H,8-13H2,1H3/t20-,22-,23-/m0/s1. The van der Waals surface area contributed by atoms with Gasteiger partial charge in [0, 0.05) is 35.6 Å². The van der Waals surface area contributed by atoms with E-state index in [4.69, 9.17) is 0 Å². The topological polar surface area (TPSA) is 73.7 Å². The number of alkyl halides is 3. The fourth-order valence-corrected chi connectivity index (χ4v) is 4.52. The van der Waals surface area contributed by atoms with Crippen LogP contribution in [0.5, 0.6) is 0 Å². The van der Waals surface area contributed by atoms with Gasteiger partial charge in [0.25, 0.3) is 5.91 Å². The Bertz CT molecular complexity index is 949. The lowest BCUT2D eigenvalue weighted by Gasteiger charge is -2.41. The molecule has 0 spiro atoms. The van der Waals surface area contributed by atoms with Gasteiger partial charge in [0.2, 0.25) is 0 Å². The van der Waals surface area contributed by atoms with Gasteiger partial charge in [-0.2, -0.15) is 13.2 Å². The number of benzene rings is 1. The van der Waals surface area contributed by atoms with Crippen LogP contribution in [0.1, 0.15) is 66.9 Å². The molecule has 8 heteroatoms. The van der Waals surface area contributed by atoms with Crippen molar-refractivity contribution in [2.45, 2.75) is 74.9 Å². The highest BCUT2D eigenvalue weighted by atomic mass is 19.4. The Hall–Kier alpha value is -2.45. The van der Waals surface area contributed by atoms with E-state index in [-0.39, 0.29) is 23.6 Å². The van der Waals surface area contributed by atoms with E-state index in [2.05, 4.69) is 4.98 Å². The Morgan fingerprint density at radius 3 is 2.16 bits per heavy atom. The number of amides is 1. The number of halogens is 3. The van der Waals surface area contributed by atoms with Crippen molar-refractivity contribution in [3.63, 3.8) is 0 Å². The highest BCUT2D eigenvalue weighted by molar-refractivity contribution is 5.95. The highest BCUT2D eigenvalue weighted by Crippen LogP contribution is 2.42. The van der Waals surface area contributed by atoms with E-state index >= 15 is 0 Å². The largest absolute Gasteiger partial charge is 0.421 e. The van der Waals surface area contributed by atoms with E-state index < -0.39 is 17.4 Å². The van der Waals surface area contributed by atoms with E-state index in [0.717, 1.165) is 30.5 Å². The lowest BCUT2D eigenvalue weighted by atomic mass is 9.77. The molecule has 1 aromatic carbocycles. The third-order valence-electron chi connectivity index (χ3n) is 6.80. The molecule has 32 heavy (non-hydrogen) atoms. The molecule has 0 unspecified atom stereocenters. The molecule has 1 heterocycles. The zero-order valence-electron chi connectivity index (χ0n) is 17.8. The second-order valence-corrected chi connectivity index (χ2v) is 9.10. The van der Waals surface area contributed by atoms with E-state index in [0.29, 0.717) is 38.2 Å². The van der Waals surface area contributed by atoms with Crippen LogP contribution in [0.4, 0.5) is 13.2 Å². The molecule has 4 rings (SSSR count). The summed E-state index contributed by atoms with van der Waals surface area (Å²) in [7, 11) is 0. The van der Waals surface area contributed by atoms with Crippen molar-refractivity contribution in [3.05, 3.63) is 65.5 Å². The number of rotatable bonds is 5. The third kappa shape index (κ3) is 4.26. The van der Waals surface area contributed by atoms with Gasteiger partial charge >= 0.3 is 6.18 Å². The Labute approximate surface area is 184 Å². The van der Waals surface area contributed by atoms with Crippen molar-refractivity contribution in [2.75, 3.05) is 0 Å². The first-order chi connectivity index (χ1) is 15.0. The molecule has 2 saturated carbocycles. The predicted octanol–water partition coefficient (Wildman–Crippen LogP) is 4.29. The number of pyridine rings is 1. The average molecular weight is 448 g/mol. The van der Waals surface area contributed by atoms with Gasteiger partial charge in [0.05, 0.1) is 5.60 Å². The van der Waals surface area contributed by atoms with E-state index in [1.54, 1.807) is 18.5 Å². The molecule has 1 amide bonds. The predicted molar refractivity (Wildman–Crippen MR) is 112 cm³/mol. The lowest BCUT2D eigenvalue weighted by Crippen LogP contribution is -2.46. The zero-order valence-corrected chi connectivity index (χ0v) is 17.8. The summed E-state index contributed by atoms with van der Waals surface area (Å²) in [6.07, 6.45) is 2.59. The SMILES string of the molecule is C[C@](O)(c1ccc(C(=O)N(C2CC2)[C@H]2CC[C@@](O)(c3cccnc3)CC2)cc1)C(F)(F)F. The van der Waals surface area contributed by atoms with Crippen LogP contribution in [0.2, 0.25) is 0 Å². The minimum absolute atomic E-state index is 0.0371. The van der Waals surface area contributed by atoms with Crippen LogP contribution in [-0.4, -0.2) is 44.3 Å². The maximum Gasteiger partial charge on any atom is 0.421 e. The maximum absolute atomic E-state index is 13.3. The molecule has 2 aromatic rings. The molecule has 1 aromatic heterocycles. The van der Waals surface area contributed by atoms with Gasteiger partial charge < -0.3 is 15.1 Å². The Kier molecular flexibility index (Phi) is 5.79. The number of hydrogen-bond acceptors (Lipinski definition) is 4. The number of hydrogen-bond donors (Lipinski definition) is 2. The first kappa shape index (κ1) is 22.7. The van der Waals surface area contributed by atoms with Crippen LogP contribution in [0.15, 0.2) is 48.8 Å². The monoisotopic (exact) mass is 448 g/mol. The van der Waals surface area contributed by atoms with Gasteiger partial charge in [-0.15, -0.1) is 0 Å². The smallest absolute Gasteiger partial charge is 0.385 e. The van der Waals surface area contributed by atoms with Crippen molar-refractivity contribution in [1.82, 2.24) is 9.88 Å². The molecule has 5 nitrogen and oxygen atoms in total. The van der Waals surface area contributed by atoms with Crippen molar-refractivity contribution in [3.8, 4) is 0 Å². The molecule has 1 atom stereocenters. The fraction of sp³-hybridized carbons (Fsp3) is 0.500. The summed E-state index contributed by atoms with van der Waals surface area (Å²) in [5, 5.41) is 20.9. The molecule has 2 fully saturated rings. The Morgan fingerprint density at radius 2 is 1.66 bits per heavy atom. The van der Waals surface area contributed by atoms with Gasteiger partial charge in [-0.25, -0.2) is 0 Å². The van der Waals surface area contributed by atoms with Gasteiger partial charge in [0.15, 0.2) is 5.60 Å². The maximum atomic E-state index is 13.3. The first-order valence-corrected chi connectivity index (χ1v) is 10.9. The molecular formula is C24H27F3N2O3. The molecule has 0 bridgehead atoms. The summed E-state index contributed by atoms with van der Waals surface area (Å²) in [6.45, 7) is 0.700. The summed E-state index contributed by atoms with van der Waals surface area (Å²) >= 11 is 0. The Morgan fingerprint density at radius 1 is 1.06 bits per heavy atom. The number of aliphatic hydroxyl groups is 2. The minimum Gasteiger partial charge on any atom is -0.385 e. The van der Waals surface area contributed by atoms with Crippen LogP contribution in [0, 0.1) is 0 Å². The number of carbonyl (C=O) groups is 1. The van der Waals surface area contributed by atoms with E-state index in [1.807, 2.05) is 11.0 Å². The lowest BCUT2D eigenvalue weighted by molar-refractivity contribution is -0.258. The first-order valence-electron chi connectivity index (χ1n) is 10.9. The number of carbonyl (C=O) groups excluding carboxylic acids is 1. The van der Waals surface area contributed by atoms with Crippen molar-refractivity contribution >= 4 is 5.91 Å². The van der Waals surface area contributed by atoms with Crippen LogP contribution in [0.3, 0.4) is 0 Å². The van der Waals surface area contributed by atoms with Gasteiger partial charge in [-0.1, -0.05) is 18.2 Å². The van der Waals surface area contributed by atoms with Crippen LogP contribution < -0.4 is 0 Å². The second-order valence-electron chi connectivity index (χ2n) is 9.10. The molecule has 2 N–H and O–H groups in total. The van der Waals surface area contributed by atoms with Gasteiger partial charge in [0.1, 0.15) is 0 Å². The van der Waals surface area contributed by atoms with Crippen molar-refractivity contribution < 1.29 is 28.2 Å². The molecule has 0 aliphatic heterocycles.